The Labute approximate surface area is 238 Å². The molecule has 3 rings (SSSR count). The first-order chi connectivity index (χ1) is 19.1. The number of carboxylic acids is 1. The monoisotopic (exact) mass is 599 g/mol. The summed E-state index contributed by atoms with van der Waals surface area (Å²) in [5.41, 5.74) is 3.30. The number of anilines is 1. The summed E-state index contributed by atoms with van der Waals surface area (Å²) in [4.78, 5) is 36.1. The summed E-state index contributed by atoms with van der Waals surface area (Å²) in [6.45, 7) is 9.36. The second kappa shape index (κ2) is 14.3. The Kier molecular flexibility index (Phi) is 11.7. The van der Waals surface area contributed by atoms with Gasteiger partial charge in [-0.05, 0) is 75.4 Å². The first kappa shape index (κ1) is 33.6. The van der Waals surface area contributed by atoms with Gasteiger partial charge in [-0.2, -0.15) is 13.2 Å². The van der Waals surface area contributed by atoms with E-state index in [0.29, 0.717) is 54.9 Å². The number of sulfonamides is 1. The molecule has 0 atom stereocenters. The predicted molar refractivity (Wildman–Crippen MR) is 148 cm³/mol. The van der Waals surface area contributed by atoms with Crippen LogP contribution in [0.15, 0.2) is 41.3 Å². The molecule has 0 aliphatic carbocycles. The lowest BCUT2D eigenvalue weighted by atomic mass is 9.95. The second-order valence-electron chi connectivity index (χ2n) is 9.92. The van der Waals surface area contributed by atoms with Crippen LogP contribution in [0.3, 0.4) is 0 Å². The summed E-state index contributed by atoms with van der Waals surface area (Å²) in [5, 5.41) is 10.1. The average molecular weight is 600 g/mol. The predicted octanol–water partition coefficient (Wildman–Crippen LogP) is 4.81. The SMILES string of the molecule is CCCCNC(=O)C1CCN(C(=O)c2ccc(NS(=O)(=O)c3c(C)cc(C)cc3C)cc2)CC1.O=C(O)C(F)(F)F. The van der Waals surface area contributed by atoms with E-state index in [1.807, 2.05) is 19.1 Å². The molecule has 13 heteroatoms. The largest absolute Gasteiger partial charge is 0.490 e. The van der Waals surface area contributed by atoms with Gasteiger partial charge in [0.1, 0.15) is 0 Å². The third kappa shape index (κ3) is 9.76. The number of alkyl halides is 3. The fourth-order valence-corrected chi connectivity index (χ4v) is 6.05. The molecule has 2 amide bonds. The van der Waals surface area contributed by atoms with Crippen LogP contribution in [-0.2, 0) is 19.6 Å². The maximum atomic E-state index is 13.0. The molecule has 3 N–H and O–H groups in total. The van der Waals surface area contributed by atoms with E-state index in [1.165, 1.54) is 0 Å². The number of carboxylic acid groups (broad SMARTS) is 1. The Bertz CT molecular complexity index is 1310. The van der Waals surface area contributed by atoms with Crippen LogP contribution < -0.4 is 10.0 Å². The van der Waals surface area contributed by atoms with Crippen LogP contribution >= 0.6 is 0 Å². The fraction of sp³-hybridized carbons (Fsp3) is 0.464. The Balaban J connectivity index is 0.000000745. The topological polar surface area (TPSA) is 133 Å². The molecule has 0 spiro atoms. The van der Waals surface area contributed by atoms with Crippen LogP contribution in [-0.4, -0.2) is 62.0 Å². The van der Waals surface area contributed by atoms with Crippen molar-refractivity contribution in [3.63, 3.8) is 0 Å². The van der Waals surface area contributed by atoms with Gasteiger partial charge in [0.05, 0.1) is 4.90 Å². The van der Waals surface area contributed by atoms with E-state index >= 15 is 0 Å². The number of rotatable bonds is 8. The highest BCUT2D eigenvalue weighted by Crippen LogP contribution is 2.25. The van der Waals surface area contributed by atoms with Crippen molar-refractivity contribution < 1.29 is 41.1 Å². The highest BCUT2D eigenvalue weighted by molar-refractivity contribution is 7.92. The third-order valence-corrected chi connectivity index (χ3v) is 8.17. The minimum Gasteiger partial charge on any atom is -0.475 e. The number of nitrogens with zero attached hydrogens (tertiary/aromatic N) is 1. The minimum atomic E-state index is -5.08. The molecule has 1 fully saturated rings. The van der Waals surface area contributed by atoms with Crippen LogP contribution in [0.5, 0.6) is 0 Å². The van der Waals surface area contributed by atoms with Gasteiger partial charge in [-0.1, -0.05) is 31.0 Å². The van der Waals surface area contributed by atoms with Crippen molar-refractivity contribution in [3.05, 3.63) is 58.7 Å². The smallest absolute Gasteiger partial charge is 0.475 e. The van der Waals surface area contributed by atoms with Crippen molar-refractivity contribution in [2.75, 3.05) is 24.4 Å². The number of carbonyl (C=O) groups excluding carboxylic acids is 2. The number of aryl methyl sites for hydroxylation is 3. The van der Waals surface area contributed by atoms with Crippen LogP contribution in [0.25, 0.3) is 0 Å². The Morgan fingerprint density at radius 2 is 1.51 bits per heavy atom. The number of aliphatic carboxylic acids is 1. The third-order valence-electron chi connectivity index (χ3n) is 6.48. The van der Waals surface area contributed by atoms with Gasteiger partial charge < -0.3 is 15.3 Å². The highest BCUT2D eigenvalue weighted by atomic mass is 32.2. The zero-order valence-corrected chi connectivity index (χ0v) is 24.3. The number of nitrogens with one attached hydrogen (secondary N) is 2. The molecule has 9 nitrogen and oxygen atoms in total. The fourth-order valence-electron chi connectivity index (χ4n) is 4.54. The maximum absolute atomic E-state index is 13.0. The lowest BCUT2D eigenvalue weighted by Crippen LogP contribution is -2.43. The van der Waals surface area contributed by atoms with E-state index in [-0.39, 0.29) is 22.6 Å². The summed E-state index contributed by atoms with van der Waals surface area (Å²) in [6, 6.07) is 10.2. The van der Waals surface area contributed by atoms with Crippen molar-refractivity contribution in [2.45, 2.75) is 64.5 Å². The molecule has 1 saturated heterocycles. The van der Waals surface area contributed by atoms with Gasteiger partial charge in [0.2, 0.25) is 5.91 Å². The summed E-state index contributed by atoms with van der Waals surface area (Å²) >= 11 is 0. The number of halogens is 3. The Hall–Kier alpha value is -3.61. The molecule has 0 aromatic heterocycles. The van der Waals surface area contributed by atoms with Gasteiger partial charge in [0.15, 0.2) is 0 Å². The van der Waals surface area contributed by atoms with Crippen LogP contribution in [0.1, 0.15) is 59.7 Å². The van der Waals surface area contributed by atoms with E-state index in [9.17, 15) is 31.2 Å². The van der Waals surface area contributed by atoms with Gasteiger partial charge in [0, 0.05) is 36.8 Å². The molecule has 0 radical (unpaired) electrons. The second-order valence-corrected chi connectivity index (χ2v) is 11.5. The number of hydrogen-bond acceptors (Lipinski definition) is 5. The molecular weight excluding hydrogens is 563 g/mol. The average Bonchev–Trinajstić information content (AvgIpc) is 2.87. The lowest BCUT2D eigenvalue weighted by molar-refractivity contribution is -0.192. The van der Waals surface area contributed by atoms with E-state index in [1.54, 1.807) is 43.0 Å². The Morgan fingerprint density at radius 1 is 1.00 bits per heavy atom. The van der Waals surface area contributed by atoms with E-state index in [0.717, 1.165) is 18.4 Å². The molecule has 1 heterocycles. The van der Waals surface area contributed by atoms with Gasteiger partial charge in [-0.25, -0.2) is 13.2 Å². The number of hydrogen-bond donors (Lipinski definition) is 3. The van der Waals surface area contributed by atoms with Gasteiger partial charge in [-0.3, -0.25) is 14.3 Å². The number of amides is 2. The molecule has 226 valence electrons. The van der Waals surface area contributed by atoms with Crippen molar-refractivity contribution in [1.82, 2.24) is 10.2 Å². The lowest BCUT2D eigenvalue weighted by Gasteiger charge is -2.31. The first-order valence-electron chi connectivity index (χ1n) is 13.1. The summed E-state index contributed by atoms with van der Waals surface area (Å²) in [7, 11) is -3.75. The van der Waals surface area contributed by atoms with Crippen molar-refractivity contribution in [3.8, 4) is 0 Å². The minimum absolute atomic E-state index is 0.0497. The molecule has 0 unspecified atom stereocenters. The molecule has 41 heavy (non-hydrogen) atoms. The first-order valence-corrected chi connectivity index (χ1v) is 14.6. The van der Waals surface area contributed by atoms with Crippen LogP contribution in [0.4, 0.5) is 18.9 Å². The number of benzene rings is 2. The molecule has 2 aromatic carbocycles. The quantitative estimate of drug-likeness (QED) is 0.373. The van der Waals surface area contributed by atoms with Crippen molar-refractivity contribution in [2.24, 2.45) is 5.92 Å². The summed E-state index contributed by atoms with van der Waals surface area (Å²) in [5.74, 6) is -2.83. The van der Waals surface area contributed by atoms with E-state index < -0.39 is 22.2 Å². The normalized spacial score (nSPS) is 14.1. The molecule has 1 aliphatic rings. The van der Waals surface area contributed by atoms with Gasteiger partial charge in [0.25, 0.3) is 15.9 Å². The Morgan fingerprint density at radius 3 is 1.98 bits per heavy atom. The zero-order chi connectivity index (χ0) is 31.0. The van der Waals surface area contributed by atoms with Gasteiger partial charge in [-0.15, -0.1) is 0 Å². The molecule has 1 aliphatic heterocycles. The van der Waals surface area contributed by atoms with Crippen LogP contribution in [0, 0.1) is 26.7 Å². The number of piperidine rings is 1. The van der Waals surface area contributed by atoms with E-state index in [4.69, 9.17) is 9.90 Å². The maximum Gasteiger partial charge on any atom is 0.490 e. The van der Waals surface area contributed by atoms with Crippen molar-refractivity contribution >= 4 is 33.5 Å². The molecule has 2 aromatic rings. The zero-order valence-electron chi connectivity index (χ0n) is 23.5. The molecule has 0 bridgehead atoms. The van der Waals surface area contributed by atoms with Crippen molar-refractivity contribution in [1.29, 1.82) is 0 Å². The molecular formula is C28H36F3N3O6S. The number of likely N-dealkylation sites (tertiary alicyclic amines) is 1. The number of carbonyl (C=O) groups is 3. The molecule has 0 saturated carbocycles. The van der Waals surface area contributed by atoms with E-state index in [2.05, 4.69) is 17.0 Å². The highest BCUT2D eigenvalue weighted by Gasteiger charge is 2.38. The van der Waals surface area contributed by atoms with Crippen LogP contribution in [0.2, 0.25) is 0 Å². The van der Waals surface area contributed by atoms with Gasteiger partial charge >= 0.3 is 12.1 Å². The number of unbranched alkanes of at least 4 members (excludes halogenated alkanes) is 1. The summed E-state index contributed by atoms with van der Waals surface area (Å²) < 4.78 is 60.3. The summed E-state index contributed by atoms with van der Waals surface area (Å²) in [6.07, 6.45) is -1.77. The standard InChI is InChI=1S/C26H35N3O4S.C2HF3O2/c1-5-6-13-27-25(30)21-11-14-29(15-12-21)26(31)22-7-9-23(10-8-22)28-34(32,33)24-19(3)16-18(2)17-20(24)4;3-2(4,5)1(6)7/h7-10,16-17,21,28H,5-6,11-15H2,1-4H3,(H,27,30);(H,6,7).